The maximum atomic E-state index is 14.0. The van der Waals surface area contributed by atoms with Crippen molar-refractivity contribution in [3.8, 4) is 12.0 Å². The van der Waals surface area contributed by atoms with Crippen molar-refractivity contribution in [2.24, 2.45) is 0 Å². The van der Waals surface area contributed by atoms with Gasteiger partial charge in [-0.3, -0.25) is 0 Å². The highest BCUT2D eigenvalue weighted by atomic mass is 19.4. The minimum absolute atomic E-state index is 0.519. The molecule has 317 valence electrons. The SMILES string of the molecule is [CH2]CN(C)c1nc(OCCC(F)(F)C(F)(F)C(F)(F)C(F)(F)C(F)(F)C(F)(F)F)nc(OCCC(F)(F)C(F)(F)C(F)(F)C(F)(F)C(F)(F)C(F)(F)F)n1. The number of rotatable bonds is 18. The molecule has 6 nitrogen and oxygen atoms in total. The molecule has 0 spiro atoms. The molecule has 1 aromatic rings. The van der Waals surface area contributed by atoms with Crippen LogP contribution in [-0.4, -0.2) is 113 Å². The minimum Gasteiger partial charge on any atom is -0.463 e. The van der Waals surface area contributed by atoms with E-state index in [-0.39, 0.29) is 0 Å². The fraction of sp³-hybridized carbons (Fsp3) is 0.818. The molecule has 0 bridgehead atoms. The fourth-order valence-corrected chi connectivity index (χ4v) is 3.19. The van der Waals surface area contributed by atoms with Gasteiger partial charge >= 0.3 is 83.6 Å². The van der Waals surface area contributed by atoms with E-state index in [1.165, 1.54) is 0 Å². The van der Waals surface area contributed by atoms with Crippen LogP contribution in [0.1, 0.15) is 12.8 Å². The summed E-state index contributed by atoms with van der Waals surface area (Å²) in [5, 5.41) is 0. The molecule has 54 heavy (non-hydrogen) atoms. The Bertz CT molecular complexity index is 1340. The molecule has 0 aliphatic heterocycles. The van der Waals surface area contributed by atoms with Gasteiger partial charge in [0.05, 0.1) is 26.1 Å². The highest BCUT2D eigenvalue weighted by molar-refractivity contribution is 5.31. The summed E-state index contributed by atoms with van der Waals surface area (Å²) < 4.78 is 353. The first-order chi connectivity index (χ1) is 23.5. The Hall–Kier alpha value is -3.41. The van der Waals surface area contributed by atoms with Gasteiger partial charge in [-0.15, -0.1) is 4.98 Å². The van der Waals surface area contributed by atoms with Crippen molar-refractivity contribution in [3.05, 3.63) is 6.92 Å². The van der Waals surface area contributed by atoms with E-state index in [4.69, 9.17) is 0 Å². The first-order valence-electron chi connectivity index (χ1n) is 12.9. The third kappa shape index (κ3) is 7.82. The molecule has 1 aromatic heterocycles. The molecule has 1 rings (SSSR count). The van der Waals surface area contributed by atoms with E-state index in [1.54, 1.807) is 0 Å². The largest absolute Gasteiger partial charge is 0.463 e. The first kappa shape index (κ1) is 48.6. The van der Waals surface area contributed by atoms with Gasteiger partial charge < -0.3 is 14.4 Å². The smallest absolute Gasteiger partial charge is 0.460 e. The van der Waals surface area contributed by atoms with Crippen molar-refractivity contribution in [3.63, 3.8) is 0 Å². The van der Waals surface area contributed by atoms with Crippen molar-refractivity contribution in [2.45, 2.75) is 84.4 Å². The van der Waals surface area contributed by atoms with Crippen LogP contribution in [-0.2, 0) is 0 Å². The van der Waals surface area contributed by atoms with E-state index < -0.39 is 122 Å². The molecule has 0 fully saturated rings. The molecule has 0 atom stereocenters. The number of hydrogen-bond donors (Lipinski definition) is 0. The summed E-state index contributed by atoms with van der Waals surface area (Å²) in [6.45, 7) is -1.82. The molecule has 0 saturated carbocycles. The van der Waals surface area contributed by atoms with Crippen LogP contribution in [0.2, 0.25) is 0 Å². The van der Waals surface area contributed by atoms with Crippen LogP contribution in [0.15, 0.2) is 0 Å². The van der Waals surface area contributed by atoms with Crippen LogP contribution in [0.3, 0.4) is 0 Å². The van der Waals surface area contributed by atoms with Crippen LogP contribution < -0.4 is 14.4 Å². The highest BCUT2D eigenvalue weighted by Gasteiger charge is 2.92. The van der Waals surface area contributed by atoms with Gasteiger partial charge in [-0.2, -0.15) is 124 Å². The van der Waals surface area contributed by atoms with Gasteiger partial charge in [0.1, 0.15) is 0 Å². The normalized spacial score (nSPS) is 15.4. The van der Waals surface area contributed by atoms with Crippen LogP contribution in [0.25, 0.3) is 0 Å². The van der Waals surface area contributed by atoms with Crippen molar-refractivity contribution in [1.82, 2.24) is 15.0 Å². The second kappa shape index (κ2) is 14.3. The van der Waals surface area contributed by atoms with Gasteiger partial charge in [-0.1, -0.05) is 0 Å². The summed E-state index contributed by atoms with van der Waals surface area (Å²) in [6, 6.07) is -3.26. The zero-order valence-corrected chi connectivity index (χ0v) is 25.2. The number of ether oxygens (including phenoxy) is 2. The summed E-state index contributed by atoms with van der Waals surface area (Å²) in [4.78, 5) is 9.82. The zero-order chi connectivity index (χ0) is 43.4. The summed E-state index contributed by atoms with van der Waals surface area (Å²) in [5.41, 5.74) is 0. The van der Waals surface area contributed by atoms with Gasteiger partial charge in [0.2, 0.25) is 5.95 Å². The molecule has 32 heteroatoms. The third-order valence-corrected chi connectivity index (χ3v) is 6.55. The standard InChI is InChI=1S/C22H15F26N4O2/c1-3-52(2)8-49-9(53-6-4-11(23,24)13(27,28)15(31,32)17(35,36)19(39,40)21(43,44)45)51-10(50-8)54-7-5-12(25,26)14(29,30)16(33,34)18(37,38)20(41,42)22(46,47)48/h1,3-7H2,2H3. The number of halogens is 26. The Morgan fingerprint density at radius 1 is 0.426 bits per heavy atom. The van der Waals surface area contributed by atoms with Crippen molar-refractivity contribution in [1.29, 1.82) is 0 Å². The second-order valence-corrected chi connectivity index (χ2v) is 10.3. The monoisotopic (exact) mass is 861 g/mol. The Kier molecular flexibility index (Phi) is 12.8. The molecule has 0 aliphatic rings. The maximum absolute atomic E-state index is 14.0. The van der Waals surface area contributed by atoms with Crippen LogP contribution in [0.4, 0.5) is 120 Å². The molecule has 0 aliphatic carbocycles. The predicted molar refractivity (Wildman–Crippen MR) is 120 cm³/mol. The average Bonchev–Trinajstić information content (AvgIpc) is 2.98. The molecular weight excluding hydrogens is 846 g/mol. The lowest BCUT2D eigenvalue weighted by molar-refractivity contribution is -0.440. The highest BCUT2D eigenvalue weighted by Crippen LogP contribution is 2.62. The van der Waals surface area contributed by atoms with Crippen LogP contribution in [0.5, 0.6) is 12.0 Å². The van der Waals surface area contributed by atoms with E-state index in [0.717, 1.165) is 7.05 Å². The lowest BCUT2D eigenvalue weighted by atomic mass is 9.93. The molecule has 0 aromatic carbocycles. The van der Waals surface area contributed by atoms with Gasteiger partial charge in [0, 0.05) is 13.6 Å². The van der Waals surface area contributed by atoms with Gasteiger partial charge in [0.25, 0.3) is 0 Å². The second-order valence-electron chi connectivity index (χ2n) is 10.3. The molecular formula is C22H15F26N4O2. The number of aromatic nitrogens is 3. The molecule has 0 amide bonds. The van der Waals surface area contributed by atoms with E-state index in [2.05, 4.69) is 31.3 Å². The lowest BCUT2D eigenvalue weighted by Gasteiger charge is -2.39. The number of nitrogens with zero attached hydrogens (tertiary/aromatic N) is 4. The van der Waals surface area contributed by atoms with E-state index in [1.807, 2.05) is 0 Å². The van der Waals surface area contributed by atoms with Crippen molar-refractivity contribution in [2.75, 3.05) is 31.7 Å². The summed E-state index contributed by atoms with van der Waals surface area (Å²) in [7, 11) is 0.900. The molecule has 0 unspecified atom stereocenters. The summed E-state index contributed by atoms with van der Waals surface area (Å²) in [5.74, 6) is -78.8. The molecule has 0 N–H and O–H groups in total. The van der Waals surface area contributed by atoms with Gasteiger partial charge in [-0.05, 0) is 6.92 Å². The third-order valence-electron chi connectivity index (χ3n) is 6.55. The summed E-state index contributed by atoms with van der Waals surface area (Å²) >= 11 is 0. The quantitative estimate of drug-likeness (QED) is 0.137. The average molecular weight is 861 g/mol. The van der Waals surface area contributed by atoms with Crippen molar-refractivity contribution < 1.29 is 124 Å². The van der Waals surface area contributed by atoms with E-state index >= 15 is 0 Å². The van der Waals surface area contributed by atoms with Gasteiger partial charge in [-0.25, -0.2) is 0 Å². The Morgan fingerprint density at radius 2 is 0.685 bits per heavy atom. The minimum atomic E-state index is -8.24. The Balaban J connectivity index is 3.33. The molecule has 1 heterocycles. The number of alkyl halides is 26. The van der Waals surface area contributed by atoms with Crippen LogP contribution in [0, 0.1) is 6.92 Å². The van der Waals surface area contributed by atoms with Crippen LogP contribution >= 0.6 is 0 Å². The Labute approximate surface area is 280 Å². The Morgan fingerprint density at radius 3 is 0.926 bits per heavy atom. The number of hydrogen-bond acceptors (Lipinski definition) is 6. The van der Waals surface area contributed by atoms with E-state index in [9.17, 15) is 114 Å². The van der Waals surface area contributed by atoms with Crippen molar-refractivity contribution >= 4 is 5.95 Å². The summed E-state index contributed by atoms with van der Waals surface area (Å²) in [6.07, 6.45) is -21.4. The zero-order valence-electron chi connectivity index (χ0n) is 25.2. The maximum Gasteiger partial charge on any atom is 0.460 e. The topological polar surface area (TPSA) is 60.4 Å². The fourth-order valence-electron chi connectivity index (χ4n) is 3.19. The van der Waals surface area contributed by atoms with E-state index in [0.29, 0.717) is 4.90 Å². The van der Waals surface area contributed by atoms with Gasteiger partial charge in [0.15, 0.2) is 0 Å². The number of anilines is 1. The lowest BCUT2D eigenvalue weighted by Crippen LogP contribution is -2.70. The predicted octanol–water partition coefficient (Wildman–Crippen LogP) is 9.16. The first-order valence-corrected chi connectivity index (χ1v) is 12.9. The molecule has 0 saturated heterocycles. The molecule has 1 radical (unpaired) electrons.